The molecule has 0 aliphatic heterocycles. The first-order valence-electron chi connectivity index (χ1n) is 21.6. The Kier molecular flexibility index (Phi) is 16.4. The number of nitrogens with zero attached hydrogens (tertiary/aromatic N) is 11. The highest BCUT2D eigenvalue weighted by Crippen LogP contribution is 2.36. The van der Waals surface area contributed by atoms with Crippen LogP contribution in [0, 0.1) is 0 Å². The van der Waals surface area contributed by atoms with Crippen molar-refractivity contribution in [3.05, 3.63) is 115 Å². The maximum Gasteiger partial charge on any atom is 0.425 e. The minimum Gasteiger partial charge on any atom is -0.444 e. The molecule has 6 heterocycles. The summed E-state index contributed by atoms with van der Waals surface area (Å²) in [5, 5.41) is 21.1. The lowest BCUT2D eigenvalue weighted by molar-refractivity contribution is 0.0427. The number of hydrogen-bond donors (Lipinski definition) is 3. The third-order valence-corrected chi connectivity index (χ3v) is 11.5. The third kappa shape index (κ3) is 13.8. The second-order valence-corrected chi connectivity index (χ2v) is 21.8. The van der Waals surface area contributed by atoms with E-state index >= 15 is 0 Å². The molecule has 3 N–H and O–H groups in total. The summed E-state index contributed by atoms with van der Waals surface area (Å²) in [6.45, 7) is 15.4. The molecule has 0 bridgehead atoms. The van der Waals surface area contributed by atoms with Gasteiger partial charge in [0.15, 0.2) is 5.82 Å². The lowest BCUT2D eigenvalue weighted by Crippen LogP contribution is -2.44. The minimum absolute atomic E-state index is 0.0621. The van der Waals surface area contributed by atoms with Crippen LogP contribution in [0.25, 0.3) is 33.2 Å². The molecule has 0 unspecified atom stereocenters. The number of nitrogens with one attached hydrogen (secondary N) is 3. The molecule has 0 aliphatic carbocycles. The molecule has 0 saturated carbocycles. The first kappa shape index (κ1) is 54.3. The van der Waals surface area contributed by atoms with E-state index in [2.05, 4.69) is 87.9 Å². The standard InChI is InChI=1S/C26H26BrCl2N7O4.C21H18BrCl2N7O2/c1-25(2,3)39-23(37)36(24(38)40-26(4,5)6)19-10-18(31-13-32-19)33-22-14-12-35(34-20(14)15(27)11-30-22)21-16(28)8-7-9-17(21)29;1-21(2,3)33-20(32)29-16-7-15(26-10-27-16)28-19-11-9-31(30-17(11)12(22)8-25-19)18-13(23)5-4-6-14(18)24/h7-13H,1-6H3,(H,30,31,32,33);4-10H,1-3H3,(H2,25,26,27,28,29,32). The molecular weight excluding hydrogens is 1160 g/mol. The van der Waals surface area contributed by atoms with Crippen LogP contribution < -0.4 is 20.9 Å². The fourth-order valence-electron chi connectivity index (χ4n) is 6.35. The molecule has 26 heteroatoms. The van der Waals surface area contributed by atoms with Crippen molar-refractivity contribution in [1.82, 2.24) is 49.5 Å². The fourth-order valence-corrected chi connectivity index (χ4v) is 8.29. The summed E-state index contributed by atoms with van der Waals surface area (Å²) in [4.78, 5) is 64.3. The number of anilines is 6. The Morgan fingerprint density at radius 2 is 0.959 bits per heavy atom. The highest BCUT2D eigenvalue weighted by atomic mass is 79.9. The van der Waals surface area contributed by atoms with Crippen molar-refractivity contribution >= 4 is 153 Å². The number of hydrogen-bond acceptors (Lipinski definition) is 16. The van der Waals surface area contributed by atoms with Gasteiger partial charge in [-0.05, 0) is 118 Å². The van der Waals surface area contributed by atoms with Crippen molar-refractivity contribution < 1.29 is 28.6 Å². The number of carbonyl (C=O) groups is 3. The third-order valence-electron chi connectivity index (χ3n) is 9.16. The second kappa shape index (κ2) is 22.0. The van der Waals surface area contributed by atoms with Crippen LogP contribution in [-0.4, -0.2) is 84.5 Å². The van der Waals surface area contributed by atoms with E-state index in [0.29, 0.717) is 84.6 Å². The molecule has 3 amide bonds. The number of pyridine rings is 2. The van der Waals surface area contributed by atoms with Crippen molar-refractivity contribution in [2.75, 3.05) is 20.9 Å². The summed E-state index contributed by atoms with van der Waals surface area (Å²) in [6, 6.07) is 13.4. The number of carbonyl (C=O) groups excluding carboxylic acids is 3. The number of halogens is 6. The minimum atomic E-state index is -0.951. The van der Waals surface area contributed by atoms with Crippen LogP contribution in [0.3, 0.4) is 0 Å². The summed E-state index contributed by atoms with van der Waals surface area (Å²) in [7, 11) is 0. The Morgan fingerprint density at radius 3 is 1.38 bits per heavy atom. The number of ether oxygens (including phenoxy) is 3. The molecule has 0 radical (unpaired) electrons. The Morgan fingerprint density at radius 1 is 0.562 bits per heavy atom. The van der Waals surface area contributed by atoms with Crippen molar-refractivity contribution in [3.63, 3.8) is 0 Å². The Hall–Kier alpha value is -6.43. The molecule has 2 aromatic carbocycles. The fraction of sp³-hybridized carbons (Fsp3) is 0.255. The number of amides is 3. The Bertz CT molecular complexity index is 3330. The normalized spacial score (nSPS) is 11.7. The van der Waals surface area contributed by atoms with Crippen molar-refractivity contribution in [3.8, 4) is 11.4 Å². The first-order chi connectivity index (χ1) is 34.2. The molecular formula is C47H44Br2Cl4N14O6. The second-order valence-electron chi connectivity index (χ2n) is 18.4. The van der Waals surface area contributed by atoms with Gasteiger partial charge < -0.3 is 24.8 Å². The van der Waals surface area contributed by atoms with E-state index in [0.717, 1.165) is 0 Å². The number of imide groups is 1. The van der Waals surface area contributed by atoms with E-state index in [-0.39, 0.29) is 17.5 Å². The topological polar surface area (TPSA) is 231 Å². The molecule has 6 aromatic heterocycles. The molecule has 0 aliphatic rings. The molecule has 0 saturated heterocycles. The van der Waals surface area contributed by atoms with Gasteiger partial charge in [0, 0.05) is 36.9 Å². The monoisotopic (exact) mass is 1200 g/mol. The van der Waals surface area contributed by atoms with Crippen LogP contribution in [0.4, 0.5) is 49.3 Å². The molecule has 8 rings (SSSR count). The number of rotatable bonds is 8. The smallest absolute Gasteiger partial charge is 0.425 e. The predicted octanol–water partition coefficient (Wildman–Crippen LogP) is 14.1. The maximum atomic E-state index is 13.0. The highest BCUT2D eigenvalue weighted by molar-refractivity contribution is 9.11. The average Bonchev–Trinajstić information content (AvgIpc) is 3.92. The first-order valence-corrected chi connectivity index (χ1v) is 24.7. The molecule has 73 heavy (non-hydrogen) atoms. The van der Waals surface area contributed by atoms with Gasteiger partial charge in [-0.15, -0.1) is 0 Å². The van der Waals surface area contributed by atoms with E-state index in [4.69, 9.17) is 60.6 Å². The van der Waals surface area contributed by atoms with Gasteiger partial charge in [0.1, 0.15) is 81.0 Å². The predicted molar refractivity (Wildman–Crippen MR) is 289 cm³/mol. The quantitative estimate of drug-likeness (QED) is 0.120. The van der Waals surface area contributed by atoms with E-state index in [1.165, 1.54) is 18.7 Å². The van der Waals surface area contributed by atoms with Crippen LogP contribution in [0.2, 0.25) is 20.1 Å². The highest BCUT2D eigenvalue weighted by Gasteiger charge is 2.34. The molecule has 0 fully saturated rings. The van der Waals surface area contributed by atoms with Gasteiger partial charge in [0.2, 0.25) is 0 Å². The van der Waals surface area contributed by atoms with Gasteiger partial charge in [-0.1, -0.05) is 58.5 Å². The Balaban J connectivity index is 0.000000218. The van der Waals surface area contributed by atoms with E-state index in [1.807, 2.05) is 0 Å². The lowest BCUT2D eigenvalue weighted by atomic mass is 10.2. The van der Waals surface area contributed by atoms with E-state index < -0.39 is 35.1 Å². The average molecular weight is 1200 g/mol. The largest absolute Gasteiger partial charge is 0.444 e. The van der Waals surface area contributed by atoms with Crippen LogP contribution >= 0.6 is 78.3 Å². The van der Waals surface area contributed by atoms with Crippen LogP contribution in [0.1, 0.15) is 62.3 Å². The van der Waals surface area contributed by atoms with Gasteiger partial charge in [0.25, 0.3) is 0 Å². The lowest BCUT2D eigenvalue weighted by Gasteiger charge is -2.28. The van der Waals surface area contributed by atoms with E-state index in [9.17, 15) is 14.4 Å². The zero-order chi connectivity index (χ0) is 53.2. The van der Waals surface area contributed by atoms with Crippen molar-refractivity contribution in [2.45, 2.75) is 79.1 Å². The summed E-state index contributed by atoms with van der Waals surface area (Å²) in [5.74, 6) is 1.74. The summed E-state index contributed by atoms with van der Waals surface area (Å²) in [6.07, 6.45) is 6.68. The molecule has 8 aromatic rings. The van der Waals surface area contributed by atoms with Crippen LogP contribution in [0.15, 0.2) is 94.9 Å². The molecule has 20 nitrogen and oxygen atoms in total. The van der Waals surface area contributed by atoms with Gasteiger partial charge in [-0.2, -0.15) is 15.1 Å². The molecule has 0 atom stereocenters. The zero-order valence-corrected chi connectivity index (χ0v) is 46.4. The van der Waals surface area contributed by atoms with Crippen molar-refractivity contribution in [1.29, 1.82) is 0 Å². The maximum absolute atomic E-state index is 13.0. The molecule has 0 spiro atoms. The van der Waals surface area contributed by atoms with Crippen LogP contribution in [0.5, 0.6) is 0 Å². The summed E-state index contributed by atoms with van der Waals surface area (Å²) >= 11 is 32.5. The SMILES string of the molecule is CC(C)(C)OC(=O)N(C(=O)OC(C)(C)C)c1cc(Nc2ncc(Br)c3nn(-c4c(Cl)cccc4Cl)cc23)ncn1.CC(C)(C)OC(=O)Nc1cc(Nc2ncc(Br)c3nn(-c4c(Cl)cccc4Cl)cc23)ncn1. The summed E-state index contributed by atoms with van der Waals surface area (Å²) < 4.78 is 20.6. The van der Waals surface area contributed by atoms with Crippen LogP contribution in [-0.2, 0) is 14.2 Å². The Labute approximate surface area is 454 Å². The van der Waals surface area contributed by atoms with Crippen molar-refractivity contribution in [2.24, 2.45) is 0 Å². The number of para-hydroxylation sites is 2. The van der Waals surface area contributed by atoms with Gasteiger partial charge in [-0.25, -0.2) is 53.7 Å². The number of aromatic nitrogens is 10. The molecule has 380 valence electrons. The number of benzene rings is 2. The van der Waals surface area contributed by atoms with E-state index in [1.54, 1.807) is 139 Å². The number of fused-ring (bicyclic) bond motifs is 2. The zero-order valence-electron chi connectivity index (χ0n) is 40.2. The van der Waals surface area contributed by atoms with Gasteiger partial charge >= 0.3 is 18.3 Å². The summed E-state index contributed by atoms with van der Waals surface area (Å²) in [5.41, 5.74) is -0.0888. The van der Waals surface area contributed by atoms with Gasteiger partial charge in [0.05, 0.1) is 39.8 Å². The van der Waals surface area contributed by atoms with Gasteiger partial charge in [-0.3, -0.25) is 5.32 Å².